The number of hydrogen-bond acceptors (Lipinski definition) is 5. The predicted molar refractivity (Wildman–Crippen MR) is 81.1 cm³/mol. The van der Waals surface area contributed by atoms with Gasteiger partial charge in [-0.15, -0.1) is 0 Å². The molecule has 0 aliphatic carbocycles. The van der Waals surface area contributed by atoms with Crippen LogP contribution in [-0.2, 0) is 4.74 Å². The van der Waals surface area contributed by atoms with Gasteiger partial charge < -0.3 is 24.1 Å². The summed E-state index contributed by atoms with van der Waals surface area (Å²) in [6, 6.07) is 5.31. The molecule has 118 valence electrons. The number of allylic oxidation sites excluding steroid dienone is 1. The lowest BCUT2D eigenvalue weighted by Gasteiger charge is -2.14. The topological polar surface area (TPSA) is 57.2 Å². The van der Waals surface area contributed by atoms with Gasteiger partial charge in [-0.05, 0) is 31.6 Å². The normalized spacial score (nSPS) is 10.1. The summed E-state index contributed by atoms with van der Waals surface area (Å²) >= 11 is 0. The molecule has 0 aromatic heterocycles. The quantitative estimate of drug-likeness (QED) is 0.561. The minimum atomic E-state index is -0.140. The standard InChI is InChI=1S/C16H24O5/c1-12(2)16(11-17)21-13-6-7-14(19-4)15(10-13)20-9-5-8-18-3/h6-7,10,17H,5,8-9,11H2,1-4H3. The maximum Gasteiger partial charge on any atom is 0.164 e. The third-order valence-electron chi connectivity index (χ3n) is 2.83. The Bertz CT molecular complexity index is 464. The summed E-state index contributed by atoms with van der Waals surface area (Å²) in [6.07, 6.45) is 0.792. The molecule has 1 N–H and O–H groups in total. The number of benzene rings is 1. The monoisotopic (exact) mass is 296 g/mol. The Morgan fingerprint density at radius 3 is 2.43 bits per heavy atom. The smallest absolute Gasteiger partial charge is 0.164 e. The molecule has 5 heteroatoms. The third kappa shape index (κ3) is 5.65. The average Bonchev–Trinajstić information content (AvgIpc) is 2.49. The first-order valence-corrected chi connectivity index (χ1v) is 6.87. The highest BCUT2D eigenvalue weighted by molar-refractivity contribution is 5.46. The summed E-state index contributed by atoms with van der Waals surface area (Å²) in [5.41, 5.74) is 0.927. The molecule has 1 rings (SSSR count). The summed E-state index contributed by atoms with van der Waals surface area (Å²) in [5, 5.41) is 9.28. The Morgan fingerprint density at radius 1 is 1.10 bits per heavy atom. The molecular formula is C16H24O5. The Hall–Kier alpha value is -1.72. The number of methoxy groups -OCH3 is 2. The Labute approximate surface area is 126 Å². The van der Waals surface area contributed by atoms with Crippen molar-refractivity contribution in [3.05, 3.63) is 29.5 Å². The summed E-state index contributed by atoms with van der Waals surface area (Å²) in [6.45, 7) is 4.81. The van der Waals surface area contributed by atoms with Crippen LogP contribution in [0.15, 0.2) is 29.5 Å². The minimum Gasteiger partial charge on any atom is -0.493 e. The molecule has 0 saturated carbocycles. The molecule has 0 unspecified atom stereocenters. The number of ether oxygens (including phenoxy) is 4. The first-order valence-electron chi connectivity index (χ1n) is 6.87. The highest BCUT2D eigenvalue weighted by atomic mass is 16.5. The molecule has 0 bridgehead atoms. The summed E-state index contributed by atoms with van der Waals surface area (Å²) in [4.78, 5) is 0. The molecule has 5 nitrogen and oxygen atoms in total. The van der Waals surface area contributed by atoms with Crippen LogP contribution in [0.2, 0.25) is 0 Å². The van der Waals surface area contributed by atoms with Crippen molar-refractivity contribution in [2.24, 2.45) is 0 Å². The third-order valence-corrected chi connectivity index (χ3v) is 2.83. The van der Waals surface area contributed by atoms with Crippen molar-refractivity contribution in [1.82, 2.24) is 0 Å². The van der Waals surface area contributed by atoms with Crippen molar-refractivity contribution >= 4 is 0 Å². The van der Waals surface area contributed by atoms with E-state index in [1.54, 1.807) is 32.4 Å². The summed E-state index contributed by atoms with van der Waals surface area (Å²) in [5.74, 6) is 2.38. The van der Waals surface area contributed by atoms with E-state index < -0.39 is 0 Å². The van der Waals surface area contributed by atoms with Crippen LogP contribution in [0.4, 0.5) is 0 Å². The van der Waals surface area contributed by atoms with Gasteiger partial charge in [0.2, 0.25) is 0 Å². The zero-order chi connectivity index (χ0) is 15.7. The largest absolute Gasteiger partial charge is 0.493 e. The van der Waals surface area contributed by atoms with E-state index in [1.165, 1.54) is 0 Å². The van der Waals surface area contributed by atoms with Crippen LogP contribution in [0.3, 0.4) is 0 Å². The molecule has 0 aliphatic heterocycles. The maximum atomic E-state index is 9.28. The highest BCUT2D eigenvalue weighted by Crippen LogP contribution is 2.32. The Kier molecular flexibility index (Phi) is 7.64. The van der Waals surface area contributed by atoms with Gasteiger partial charge in [-0.2, -0.15) is 0 Å². The van der Waals surface area contributed by atoms with Gasteiger partial charge in [0.1, 0.15) is 18.1 Å². The number of aliphatic hydroxyl groups excluding tert-OH is 1. The van der Waals surface area contributed by atoms with E-state index in [0.29, 0.717) is 36.2 Å². The van der Waals surface area contributed by atoms with E-state index in [-0.39, 0.29) is 6.61 Å². The van der Waals surface area contributed by atoms with Crippen LogP contribution in [-0.4, -0.2) is 39.1 Å². The van der Waals surface area contributed by atoms with Gasteiger partial charge in [0, 0.05) is 26.2 Å². The summed E-state index contributed by atoms with van der Waals surface area (Å²) < 4.78 is 21.6. The van der Waals surface area contributed by atoms with Gasteiger partial charge in [-0.1, -0.05) is 0 Å². The van der Waals surface area contributed by atoms with Crippen LogP contribution in [0.25, 0.3) is 0 Å². The molecule has 0 saturated heterocycles. The Balaban J connectivity index is 2.81. The SMILES string of the molecule is COCCCOc1cc(OC(CO)=C(C)C)ccc1OC. The van der Waals surface area contributed by atoms with E-state index in [9.17, 15) is 5.11 Å². The van der Waals surface area contributed by atoms with Gasteiger partial charge in [-0.25, -0.2) is 0 Å². The first-order chi connectivity index (χ1) is 10.1. The van der Waals surface area contributed by atoms with Crippen LogP contribution in [0.5, 0.6) is 17.2 Å². The van der Waals surface area contributed by atoms with Crippen molar-refractivity contribution in [1.29, 1.82) is 0 Å². The molecule has 0 amide bonds. The van der Waals surface area contributed by atoms with Crippen molar-refractivity contribution in [2.45, 2.75) is 20.3 Å². The molecular weight excluding hydrogens is 272 g/mol. The van der Waals surface area contributed by atoms with E-state index in [1.807, 2.05) is 13.8 Å². The molecule has 0 heterocycles. The molecule has 0 spiro atoms. The van der Waals surface area contributed by atoms with Gasteiger partial charge in [-0.3, -0.25) is 0 Å². The maximum absolute atomic E-state index is 9.28. The average molecular weight is 296 g/mol. The fourth-order valence-electron chi connectivity index (χ4n) is 1.65. The van der Waals surface area contributed by atoms with Gasteiger partial charge in [0.15, 0.2) is 11.5 Å². The van der Waals surface area contributed by atoms with Gasteiger partial charge >= 0.3 is 0 Å². The van der Waals surface area contributed by atoms with Gasteiger partial charge in [0.05, 0.1) is 13.7 Å². The van der Waals surface area contributed by atoms with E-state index in [4.69, 9.17) is 18.9 Å². The van der Waals surface area contributed by atoms with E-state index in [2.05, 4.69) is 0 Å². The molecule has 0 radical (unpaired) electrons. The lowest BCUT2D eigenvalue weighted by Crippen LogP contribution is -2.05. The van der Waals surface area contributed by atoms with E-state index >= 15 is 0 Å². The first kappa shape index (κ1) is 17.3. The molecule has 1 aromatic carbocycles. The lowest BCUT2D eigenvalue weighted by molar-refractivity contribution is 0.170. The van der Waals surface area contributed by atoms with Crippen molar-refractivity contribution in [3.8, 4) is 17.2 Å². The lowest BCUT2D eigenvalue weighted by atomic mass is 10.2. The Morgan fingerprint density at radius 2 is 1.86 bits per heavy atom. The zero-order valence-corrected chi connectivity index (χ0v) is 13.1. The molecule has 0 atom stereocenters. The number of rotatable bonds is 9. The summed E-state index contributed by atoms with van der Waals surface area (Å²) in [7, 11) is 3.25. The fraction of sp³-hybridized carbons (Fsp3) is 0.500. The van der Waals surface area contributed by atoms with Crippen LogP contribution >= 0.6 is 0 Å². The second-order valence-corrected chi connectivity index (χ2v) is 4.69. The van der Waals surface area contributed by atoms with Crippen LogP contribution in [0, 0.1) is 0 Å². The number of aliphatic hydroxyl groups is 1. The predicted octanol–water partition coefficient (Wildman–Crippen LogP) is 2.78. The molecule has 0 aliphatic rings. The van der Waals surface area contributed by atoms with Crippen molar-refractivity contribution in [3.63, 3.8) is 0 Å². The molecule has 1 aromatic rings. The van der Waals surface area contributed by atoms with E-state index in [0.717, 1.165) is 12.0 Å². The fourth-order valence-corrected chi connectivity index (χ4v) is 1.65. The molecule has 21 heavy (non-hydrogen) atoms. The van der Waals surface area contributed by atoms with Crippen LogP contribution in [0.1, 0.15) is 20.3 Å². The number of hydrogen-bond donors (Lipinski definition) is 1. The highest BCUT2D eigenvalue weighted by Gasteiger charge is 2.09. The van der Waals surface area contributed by atoms with Crippen molar-refractivity contribution in [2.75, 3.05) is 34.0 Å². The zero-order valence-electron chi connectivity index (χ0n) is 13.1. The van der Waals surface area contributed by atoms with Crippen molar-refractivity contribution < 1.29 is 24.1 Å². The van der Waals surface area contributed by atoms with Gasteiger partial charge in [0.25, 0.3) is 0 Å². The second-order valence-electron chi connectivity index (χ2n) is 4.69. The van der Waals surface area contributed by atoms with Crippen LogP contribution < -0.4 is 14.2 Å². The minimum absolute atomic E-state index is 0.140. The molecule has 0 fully saturated rings. The second kappa shape index (κ2) is 9.26.